The number of β-lactam (4-membered cyclic amide) rings is 1. The fourth-order valence-corrected chi connectivity index (χ4v) is 5.38. The van der Waals surface area contributed by atoms with Gasteiger partial charge in [-0.15, -0.1) is 0 Å². The summed E-state index contributed by atoms with van der Waals surface area (Å²) in [5.74, 6) is -2.34. The first kappa shape index (κ1) is 27.6. The molecule has 2 aromatic rings. The molecule has 1 amide bonds. The molecule has 1 fully saturated rings. The summed E-state index contributed by atoms with van der Waals surface area (Å²) in [5, 5.41) is 28.5. The van der Waals surface area contributed by atoms with Crippen LogP contribution in [0.4, 0.5) is 0 Å². The average molecular weight is 512 g/mol. The molecular weight excluding hydrogens is 485 g/mol. The van der Waals surface area contributed by atoms with Gasteiger partial charge in [0.1, 0.15) is 12.4 Å². The van der Waals surface area contributed by atoms with Crippen LogP contribution >= 0.6 is 0 Å². The number of amides is 1. The summed E-state index contributed by atoms with van der Waals surface area (Å²) in [6.07, 6.45) is -0.479. The van der Waals surface area contributed by atoms with E-state index in [0.29, 0.717) is 17.7 Å². The molecule has 0 bridgehead atoms. The molecular formula is C23H26N3NaO7S. The molecule has 2 heterocycles. The van der Waals surface area contributed by atoms with Crippen molar-refractivity contribution in [2.75, 3.05) is 13.2 Å². The largest absolute Gasteiger partial charge is 1.00 e. The van der Waals surface area contributed by atoms with Gasteiger partial charge in [0, 0.05) is 17.8 Å². The molecule has 0 aliphatic carbocycles. The van der Waals surface area contributed by atoms with E-state index in [1.54, 1.807) is 12.1 Å². The van der Waals surface area contributed by atoms with Crippen molar-refractivity contribution in [1.82, 2.24) is 9.62 Å². The number of nitrogens with zero attached hydrogens (tertiary/aromatic N) is 1. The smallest absolute Gasteiger partial charge is 0.543 e. The van der Waals surface area contributed by atoms with Crippen molar-refractivity contribution < 1.29 is 62.5 Å². The van der Waals surface area contributed by atoms with Crippen LogP contribution in [0.2, 0.25) is 0 Å². The van der Waals surface area contributed by atoms with E-state index in [0.717, 1.165) is 16.3 Å². The van der Waals surface area contributed by atoms with E-state index in [2.05, 4.69) is 4.72 Å². The number of nitrogens with two attached hydrogens (primary N) is 1. The molecule has 12 heteroatoms. The fourth-order valence-electron chi connectivity index (χ4n) is 5.00. The number of carboxylic acids is 1. The van der Waals surface area contributed by atoms with Crippen LogP contribution in [-0.2, 0) is 26.2 Å². The SMILES string of the molecule is C[C@@H](O)[C@H]1C(=O)N2C(C(=O)[O-])=C(COc3cccc4c(CCNS(N)(=O)=O)cccc34)[C@H](C)[C@H]12.[Na+]. The molecule has 182 valence electrons. The van der Waals surface area contributed by atoms with Gasteiger partial charge in [-0.05, 0) is 35.9 Å². The average Bonchev–Trinajstić information content (AvgIpc) is 2.99. The number of hydrogen-bond donors (Lipinski definition) is 3. The Labute approximate surface area is 225 Å². The summed E-state index contributed by atoms with van der Waals surface area (Å²) in [6, 6.07) is 10.5. The van der Waals surface area contributed by atoms with Gasteiger partial charge >= 0.3 is 29.6 Å². The van der Waals surface area contributed by atoms with Crippen LogP contribution in [-0.4, -0.2) is 55.6 Å². The summed E-state index contributed by atoms with van der Waals surface area (Å²) < 4.78 is 30.6. The number of benzene rings is 2. The molecule has 0 spiro atoms. The quantitative estimate of drug-likeness (QED) is 0.232. The van der Waals surface area contributed by atoms with Crippen LogP contribution < -0.4 is 49.3 Å². The predicted octanol–water partition coefficient (Wildman–Crippen LogP) is -3.58. The van der Waals surface area contributed by atoms with E-state index in [9.17, 15) is 28.2 Å². The normalized spacial score (nSPS) is 22.5. The third kappa shape index (κ3) is 5.26. The molecule has 2 aliphatic heterocycles. The third-order valence-corrected chi connectivity index (χ3v) is 7.17. The minimum Gasteiger partial charge on any atom is -0.543 e. The Kier molecular flexibility index (Phi) is 8.32. The first-order valence-corrected chi connectivity index (χ1v) is 12.4. The molecule has 4 rings (SSSR count). The van der Waals surface area contributed by atoms with Crippen LogP contribution in [0.1, 0.15) is 19.4 Å². The van der Waals surface area contributed by atoms with Gasteiger partial charge in [0.25, 0.3) is 10.2 Å². The molecule has 35 heavy (non-hydrogen) atoms. The molecule has 4 atom stereocenters. The molecule has 0 aromatic heterocycles. The number of hydrogen-bond acceptors (Lipinski definition) is 7. The van der Waals surface area contributed by atoms with Gasteiger partial charge < -0.3 is 24.6 Å². The third-order valence-electron chi connectivity index (χ3n) is 6.56. The zero-order valence-corrected chi connectivity index (χ0v) is 22.5. The maximum Gasteiger partial charge on any atom is 1.00 e. The van der Waals surface area contributed by atoms with Gasteiger partial charge in [-0.1, -0.05) is 37.3 Å². The van der Waals surface area contributed by atoms with Gasteiger partial charge in [-0.25, -0.2) is 9.86 Å². The van der Waals surface area contributed by atoms with Crippen molar-refractivity contribution in [2.45, 2.75) is 32.4 Å². The predicted molar refractivity (Wildman–Crippen MR) is 121 cm³/mol. The first-order chi connectivity index (χ1) is 16.0. The van der Waals surface area contributed by atoms with Crippen molar-refractivity contribution in [3.8, 4) is 5.75 Å². The first-order valence-electron chi connectivity index (χ1n) is 10.9. The molecule has 0 unspecified atom stereocenters. The molecule has 2 aromatic carbocycles. The van der Waals surface area contributed by atoms with E-state index < -0.39 is 40.1 Å². The topological polar surface area (TPSA) is 162 Å². The van der Waals surface area contributed by atoms with Gasteiger partial charge in [0.05, 0.1) is 29.7 Å². The van der Waals surface area contributed by atoms with Gasteiger partial charge in [-0.2, -0.15) is 8.42 Å². The molecule has 0 radical (unpaired) electrons. The number of aliphatic carboxylic acids is 1. The summed E-state index contributed by atoms with van der Waals surface area (Å²) in [5.41, 5.74) is 1.14. The summed E-state index contributed by atoms with van der Waals surface area (Å²) in [6.45, 7) is 3.41. The second kappa shape index (κ2) is 10.6. The van der Waals surface area contributed by atoms with Crippen LogP contribution in [0.3, 0.4) is 0 Å². The Balaban J connectivity index is 0.00000342. The number of aliphatic hydroxyl groups is 1. The number of rotatable bonds is 9. The zero-order chi connectivity index (χ0) is 24.8. The Morgan fingerprint density at radius 1 is 1.26 bits per heavy atom. The molecule has 1 saturated heterocycles. The van der Waals surface area contributed by atoms with Crippen molar-refractivity contribution in [3.63, 3.8) is 0 Å². The number of ether oxygens (including phenoxy) is 1. The van der Waals surface area contributed by atoms with Crippen molar-refractivity contribution >= 4 is 32.9 Å². The van der Waals surface area contributed by atoms with Crippen molar-refractivity contribution in [2.24, 2.45) is 17.0 Å². The second-order valence-corrected chi connectivity index (χ2v) is 10.0. The molecule has 10 nitrogen and oxygen atoms in total. The van der Waals surface area contributed by atoms with Crippen LogP contribution in [0.25, 0.3) is 10.8 Å². The van der Waals surface area contributed by atoms with Gasteiger partial charge in [0.2, 0.25) is 5.91 Å². The van der Waals surface area contributed by atoms with Crippen LogP contribution in [0.5, 0.6) is 5.75 Å². The van der Waals surface area contributed by atoms with Gasteiger partial charge in [0.15, 0.2) is 0 Å². The van der Waals surface area contributed by atoms with E-state index in [-0.39, 0.29) is 54.3 Å². The van der Waals surface area contributed by atoms with E-state index >= 15 is 0 Å². The van der Waals surface area contributed by atoms with E-state index in [4.69, 9.17) is 9.88 Å². The number of carbonyl (C=O) groups is 2. The molecule has 2 aliphatic rings. The molecule has 0 saturated carbocycles. The number of carboxylic acid groups (broad SMARTS) is 1. The van der Waals surface area contributed by atoms with Crippen molar-refractivity contribution in [1.29, 1.82) is 0 Å². The monoisotopic (exact) mass is 511 g/mol. The van der Waals surface area contributed by atoms with Crippen LogP contribution in [0, 0.1) is 11.8 Å². The Hall–Kier alpha value is -1.99. The zero-order valence-electron chi connectivity index (χ0n) is 19.7. The summed E-state index contributed by atoms with van der Waals surface area (Å²) in [7, 11) is -3.79. The maximum atomic E-state index is 12.5. The number of carbonyl (C=O) groups excluding carboxylic acids is 2. The van der Waals surface area contributed by atoms with Crippen molar-refractivity contribution in [3.05, 3.63) is 53.2 Å². The Morgan fingerprint density at radius 2 is 1.91 bits per heavy atom. The number of fused-ring (bicyclic) bond motifs is 2. The number of aliphatic hydroxyl groups excluding tert-OH is 1. The minimum absolute atomic E-state index is 0. The molecule has 4 N–H and O–H groups in total. The second-order valence-electron chi connectivity index (χ2n) is 8.66. The fraction of sp³-hybridized carbons (Fsp3) is 0.391. The number of nitrogens with one attached hydrogen (secondary N) is 1. The Bertz CT molecular complexity index is 1300. The minimum atomic E-state index is -3.79. The summed E-state index contributed by atoms with van der Waals surface area (Å²) >= 11 is 0. The maximum absolute atomic E-state index is 12.5. The van der Waals surface area contributed by atoms with E-state index in [1.165, 1.54) is 11.8 Å². The van der Waals surface area contributed by atoms with Crippen LogP contribution in [0.15, 0.2) is 47.7 Å². The standard InChI is InChI=1S/C23H27N3O7S.Na/c1-12-17(21(23(29)30)26-20(12)19(13(2)27)22(26)28)11-33-18-8-4-6-15-14(5-3-7-16(15)18)9-10-25-34(24,31)32;/h3-8,12-13,19-20,25,27H,9-11H2,1-2H3,(H,29,30)(H2,24,31,32);/q;+1/p-1/t12-,13+,19+,20+;/m0./s1. The summed E-state index contributed by atoms with van der Waals surface area (Å²) in [4.78, 5) is 25.5. The van der Waals surface area contributed by atoms with E-state index in [1.807, 2.05) is 31.2 Å². The van der Waals surface area contributed by atoms with Gasteiger partial charge in [-0.3, -0.25) is 4.79 Å². The Morgan fingerprint density at radius 3 is 2.54 bits per heavy atom.